The van der Waals surface area contributed by atoms with Crippen LogP contribution in [-0.4, -0.2) is 48.6 Å². The zero-order chi connectivity index (χ0) is 19.6. The van der Waals surface area contributed by atoms with Gasteiger partial charge in [-0.05, 0) is 37.6 Å². The second kappa shape index (κ2) is 7.55. The molecule has 1 atom stereocenters. The number of aromatic nitrogens is 2. The van der Waals surface area contributed by atoms with Crippen LogP contribution in [-0.2, 0) is 9.84 Å². The Morgan fingerprint density at radius 3 is 2.59 bits per heavy atom. The predicted octanol–water partition coefficient (Wildman–Crippen LogP) is 2.02. The molecule has 0 spiro atoms. The highest BCUT2D eigenvalue weighted by atomic mass is 32.2. The van der Waals surface area contributed by atoms with E-state index in [0.29, 0.717) is 24.8 Å². The first-order valence-electron chi connectivity index (χ1n) is 8.36. The summed E-state index contributed by atoms with van der Waals surface area (Å²) in [6.07, 6.45) is 0.518. The normalized spacial score (nSPS) is 18.3. The minimum atomic E-state index is -3.04. The van der Waals surface area contributed by atoms with Gasteiger partial charge < -0.3 is 10.2 Å². The average molecular weight is 396 g/mol. The summed E-state index contributed by atoms with van der Waals surface area (Å²) in [5.74, 6) is -1.66. The lowest BCUT2D eigenvalue weighted by Gasteiger charge is -2.27. The van der Waals surface area contributed by atoms with Crippen LogP contribution in [0.1, 0.15) is 23.8 Å². The quantitative estimate of drug-likeness (QED) is 0.831. The van der Waals surface area contributed by atoms with Gasteiger partial charge in [0.1, 0.15) is 11.6 Å². The molecule has 0 bridgehead atoms. The summed E-state index contributed by atoms with van der Waals surface area (Å²) in [5, 5.41) is 10.2. The van der Waals surface area contributed by atoms with Crippen molar-refractivity contribution in [1.82, 2.24) is 10.2 Å². The molecular formula is C17H18F2N4O3S. The fraction of sp³-hybridized carbons (Fsp3) is 0.353. The Balaban J connectivity index is 1.73. The van der Waals surface area contributed by atoms with Crippen molar-refractivity contribution in [3.63, 3.8) is 0 Å². The highest BCUT2D eigenvalue weighted by molar-refractivity contribution is 7.91. The van der Waals surface area contributed by atoms with Crippen molar-refractivity contribution in [2.45, 2.75) is 19.4 Å². The maximum Gasteiger partial charge on any atom is 0.276 e. The van der Waals surface area contributed by atoms with E-state index in [4.69, 9.17) is 0 Å². The molecule has 0 saturated carbocycles. The van der Waals surface area contributed by atoms with Crippen LogP contribution in [0.5, 0.6) is 0 Å². The van der Waals surface area contributed by atoms with Gasteiger partial charge >= 0.3 is 0 Å². The van der Waals surface area contributed by atoms with Gasteiger partial charge in [0.15, 0.2) is 21.3 Å². The van der Waals surface area contributed by atoms with Gasteiger partial charge in [-0.1, -0.05) is 0 Å². The smallest absolute Gasteiger partial charge is 0.276 e. The molecule has 1 aromatic heterocycles. The third-order valence-electron chi connectivity index (χ3n) is 4.35. The SMILES string of the molecule is CCN(c1ccc(C(=O)Nc2ccc(F)cc2F)nn1)C1CCS(=O)(=O)C1. The molecular weight excluding hydrogens is 378 g/mol. The summed E-state index contributed by atoms with van der Waals surface area (Å²) in [4.78, 5) is 14.0. The topological polar surface area (TPSA) is 92.3 Å². The molecule has 1 N–H and O–H groups in total. The molecule has 27 heavy (non-hydrogen) atoms. The van der Waals surface area contributed by atoms with E-state index in [1.54, 1.807) is 6.07 Å². The van der Waals surface area contributed by atoms with E-state index in [1.807, 2.05) is 11.8 Å². The van der Waals surface area contributed by atoms with Crippen molar-refractivity contribution in [3.05, 3.63) is 47.7 Å². The van der Waals surface area contributed by atoms with E-state index < -0.39 is 27.4 Å². The number of rotatable bonds is 5. The van der Waals surface area contributed by atoms with Gasteiger partial charge in [-0.15, -0.1) is 10.2 Å². The molecule has 3 rings (SSSR count). The van der Waals surface area contributed by atoms with Crippen molar-refractivity contribution >= 4 is 27.2 Å². The molecule has 10 heteroatoms. The number of benzene rings is 1. The lowest BCUT2D eigenvalue weighted by Crippen LogP contribution is -2.37. The fourth-order valence-corrected chi connectivity index (χ4v) is 4.74. The van der Waals surface area contributed by atoms with Gasteiger partial charge in [-0.3, -0.25) is 4.79 Å². The van der Waals surface area contributed by atoms with Crippen LogP contribution in [0.3, 0.4) is 0 Å². The molecule has 2 aromatic rings. The van der Waals surface area contributed by atoms with Crippen molar-refractivity contribution < 1.29 is 22.0 Å². The van der Waals surface area contributed by atoms with Crippen LogP contribution in [0, 0.1) is 11.6 Å². The van der Waals surface area contributed by atoms with Gasteiger partial charge in [-0.2, -0.15) is 0 Å². The fourth-order valence-electron chi connectivity index (χ4n) is 3.01. The molecule has 1 amide bonds. The standard InChI is InChI=1S/C17H18F2N4O3S/c1-2-23(12-7-8-27(25,26)10-12)16-6-5-15(21-22-16)17(24)20-14-4-3-11(18)9-13(14)19/h3-6,9,12H,2,7-8,10H2,1H3,(H,20,24). The van der Waals surface area contributed by atoms with Gasteiger partial charge in [-0.25, -0.2) is 17.2 Å². The summed E-state index contributed by atoms with van der Waals surface area (Å²) in [6.45, 7) is 2.42. The monoisotopic (exact) mass is 396 g/mol. The van der Waals surface area contributed by atoms with Gasteiger partial charge in [0.25, 0.3) is 5.91 Å². The number of halogens is 2. The average Bonchev–Trinajstić information content (AvgIpc) is 2.98. The zero-order valence-corrected chi connectivity index (χ0v) is 15.3. The summed E-state index contributed by atoms with van der Waals surface area (Å²) < 4.78 is 49.9. The van der Waals surface area contributed by atoms with Gasteiger partial charge in [0.05, 0.1) is 17.2 Å². The minimum Gasteiger partial charge on any atom is -0.351 e. The van der Waals surface area contributed by atoms with E-state index in [2.05, 4.69) is 15.5 Å². The summed E-state index contributed by atoms with van der Waals surface area (Å²) in [7, 11) is -3.04. The number of carbonyl (C=O) groups is 1. The lowest BCUT2D eigenvalue weighted by molar-refractivity contribution is 0.102. The van der Waals surface area contributed by atoms with Crippen molar-refractivity contribution in [2.24, 2.45) is 0 Å². The first kappa shape index (κ1) is 19.2. The van der Waals surface area contributed by atoms with Gasteiger partial charge in [0, 0.05) is 18.7 Å². The van der Waals surface area contributed by atoms with E-state index in [1.165, 1.54) is 6.07 Å². The highest BCUT2D eigenvalue weighted by Crippen LogP contribution is 2.22. The van der Waals surface area contributed by atoms with E-state index in [9.17, 15) is 22.0 Å². The Morgan fingerprint density at radius 1 is 1.26 bits per heavy atom. The molecule has 1 saturated heterocycles. The maximum atomic E-state index is 13.6. The number of hydrogen-bond acceptors (Lipinski definition) is 6. The predicted molar refractivity (Wildman–Crippen MR) is 96.4 cm³/mol. The Morgan fingerprint density at radius 2 is 2.04 bits per heavy atom. The largest absolute Gasteiger partial charge is 0.351 e. The number of carbonyl (C=O) groups excluding carboxylic acids is 1. The Labute approximate surface area is 155 Å². The Kier molecular flexibility index (Phi) is 5.36. The molecule has 144 valence electrons. The number of nitrogens with zero attached hydrogens (tertiary/aromatic N) is 3. The van der Waals surface area contributed by atoms with Crippen LogP contribution >= 0.6 is 0 Å². The van der Waals surface area contributed by atoms with Gasteiger partial charge in [0.2, 0.25) is 0 Å². The zero-order valence-electron chi connectivity index (χ0n) is 14.5. The second-order valence-electron chi connectivity index (χ2n) is 6.20. The number of sulfone groups is 1. The molecule has 0 radical (unpaired) electrons. The first-order valence-corrected chi connectivity index (χ1v) is 10.2. The lowest BCUT2D eigenvalue weighted by atomic mass is 10.2. The van der Waals surface area contributed by atoms with Crippen molar-refractivity contribution in [1.29, 1.82) is 0 Å². The Hall–Kier alpha value is -2.62. The van der Waals surface area contributed by atoms with Crippen LogP contribution in [0.15, 0.2) is 30.3 Å². The van der Waals surface area contributed by atoms with E-state index >= 15 is 0 Å². The van der Waals surface area contributed by atoms with Crippen LogP contribution in [0.25, 0.3) is 0 Å². The molecule has 1 aromatic carbocycles. The third kappa shape index (κ3) is 4.38. The van der Waals surface area contributed by atoms with E-state index in [0.717, 1.165) is 12.1 Å². The van der Waals surface area contributed by atoms with Crippen LogP contribution in [0.2, 0.25) is 0 Å². The number of hydrogen-bond donors (Lipinski definition) is 1. The third-order valence-corrected chi connectivity index (χ3v) is 6.10. The number of anilines is 2. The summed E-state index contributed by atoms with van der Waals surface area (Å²) in [6, 6.07) is 5.62. The molecule has 2 heterocycles. The molecule has 1 aliphatic rings. The maximum absolute atomic E-state index is 13.6. The van der Waals surface area contributed by atoms with Crippen molar-refractivity contribution in [3.8, 4) is 0 Å². The molecule has 1 aliphatic heterocycles. The molecule has 0 aliphatic carbocycles. The summed E-state index contributed by atoms with van der Waals surface area (Å²) >= 11 is 0. The van der Waals surface area contributed by atoms with Crippen molar-refractivity contribution in [2.75, 3.05) is 28.3 Å². The number of amides is 1. The van der Waals surface area contributed by atoms with Crippen LogP contribution in [0.4, 0.5) is 20.3 Å². The highest BCUT2D eigenvalue weighted by Gasteiger charge is 2.32. The summed E-state index contributed by atoms with van der Waals surface area (Å²) in [5.41, 5.74) is -0.212. The second-order valence-corrected chi connectivity index (χ2v) is 8.43. The first-order chi connectivity index (χ1) is 12.8. The molecule has 7 nitrogen and oxygen atoms in total. The minimum absolute atomic E-state index is 0.0439. The van der Waals surface area contributed by atoms with Crippen LogP contribution < -0.4 is 10.2 Å². The molecule has 1 unspecified atom stereocenters. The number of nitrogens with one attached hydrogen (secondary N) is 1. The molecule has 1 fully saturated rings. The van der Waals surface area contributed by atoms with E-state index in [-0.39, 0.29) is 28.9 Å². The Bertz CT molecular complexity index is 951.